The van der Waals surface area contributed by atoms with Crippen LogP contribution in [0, 0.1) is 0 Å². The van der Waals surface area contributed by atoms with E-state index in [0.717, 1.165) is 41.6 Å². The van der Waals surface area contributed by atoms with Crippen LogP contribution in [0.5, 0.6) is 17.2 Å². The van der Waals surface area contributed by atoms with Gasteiger partial charge in [-0.05, 0) is 49.8 Å². The Bertz CT molecular complexity index is 836. The monoisotopic (exact) mass is 373 g/mol. The normalized spacial score (nSPS) is 13.4. The number of aromatic amines is 1. The summed E-state index contributed by atoms with van der Waals surface area (Å²) in [6.45, 7) is 4.23. The topological polar surface area (TPSA) is 69.8 Å². The van der Waals surface area contributed by atoms with Crippen LogP contribution in [0.4, 0.5) is 0 Å². The lowest BCUT2D eigenvalue weighted by Gasteiger charge is -2.17. The van der Waals surface area contributed by atoms with Crippen molar-refractivity contribution in [2.75, 3.05) is 27.9 Å². The van der Waals surface area contributed by atoms with Gasteiger partial charge < -0.3 is 23.9 Å². The fraction of sp³-hybridized carbons (Fsp3) is 0.476. The Morgan fingerprint density at radius 3 is 2.30 bits per heavy atom. The van der Waals surface area contributed by atoms with Crippen molar-refractivity contribution in [1.82, 2.24) is 4.98 Å². The molecule has 2 aromatic rings. The van der Waals surface area contributed by atoms with Crippen molar-refractivity contribution in [3.05, 3.63) is 29.1 Å². The van der Waals surface area contributed by atoms with Gasteiger partial charge in [0.25, 0.3) is 0 Å². The van der Waals surface area contributed by atoms with Gasteiger partial charge in [0.1, 0.15) is 5.69 Å². The van der Waals surface area contributed by atoms with Crippen molar-refractivity contribution >= 4 is 5.97 Å². The number of methoxy groups -OCH3 is 3. The third-order valence-electron chi connectivity index (χ3n) is 4.91. The third kappa shape index (κ3) is 3.36. The van der Waals surface area contributed by atoms with Gasteiger partial charge in [0.2, 0.25) is 5.75 Å². The van der Waals surface area contributed by atoms with Crippen molar-refractivity contribution in [1.29, 1.82) is 0 Å². The summed E-state index contributed by atoms with van der Waals surface area (Å²) >= 11 is 0. The Kier molecular flexibility index (Phi) is 5.63. The molecule has 1 aromatic carbocycles. The molecule has 146 valence electrons. The molecule has 0 unspecified atom stereocenters. The first kappa shape index (κ1) is 19.1. The van der Waals surface area contributed by atoms with Gasteiger partial charge in [-0.3, -0.25) is 0 Å². The van der Waals surface area contributed by atoms with Crippen LogP contribution < -0.4 is 14.2 Å². The summed E-state index contributed by atoms with van der Waals surface area (Å²) in [6.07, 6.45) is 2.89. The van der Waals surface area contributed by atoms with E-state index in [9.17, 15) is 4.79 Å². The fourth-order valence-corrected chi connectivity index (χ4v) is 3.58. The molecule has 0 aliphatic heterocycles. The molecule has 1 aromatic heterocycles. The molecule has 0 radical (unpaired) electrons. The molecule has 6 nitrogen and oxygen atoms in total. The molecule has 0 bridgehead atoms. The van der Waals surface area contributed by atoms with Gasteiger partial charge in [-0.1, -0.05) is 6.92 Å². The summed E-state index contributed by atoms with van der Waals surface area (Å²) in [6, 6.07) is 3.83. The van der Waals surface area contributed by atoms with E-state index < -0.39 is 0 Å². The SMILES string of the molecule is CCOC(=O)c1[nH]c(CC)c(-c2ccc(OC)c(OC)c2OC)c1C1CC1. The molecule has 1 aliphatic rings. The van der Waals surface area contributed by atoms with Crippen LogP contribution in [0.2, 0.25) is 0 Å². The second-order valence-electron chi connectivity index (χ2n) is 6.50. The van der Waals surface area contributed by atoms with E-state index in [1.165, 1.54) is 0 Å². The highest BCUT2D eigenvalue weighted by atomic mass is 16.5. The number of H-pyrrole nitrogens is 1. The van der Waals surface area contributed by atoms with Gasteiger partial charge >= 0.3 is 5.97 Å². The van der Waals surface area contributed by atoms with Gasteiger partial charge in [0, 0.05) is 16.8 Å². The predicted molar refractivity (Wildman–Crippen MR) is 103 cm³/mol. The van der Waals surface area contributed by atoms with Crippen molar-refractivity contribution in [2.24, 2.45) is 0 Å². The minimum atomic E-state index is -0.306. The molecule has 0 amide bonds. The largest absolute Gasteiger partial charge is 0.493 e. The molecule has 1 saturated carbocycles. The number of hydrogen-bond acceptors (Lipinski definition) is 5. The molecule has 3 rings (SSSR count). The zero-order chi connectivity index (χ0) is 19.6. The van der Waals surface area contributed by atoms with Crippen LogP contribution in [0.3, 0.4) is 0 Å². The minimum absolute atomic E-state index is 0.306. The number of aromatic nitrogens is 1. The maximum atomic E-state index is 12.6. The Labute approximate surface area is 159 Å². The standard InChI is InChI=1S/C21H27NO5/c1-6-14-17(13-10-11-15(24-3)20(26-5)19(13)25-4)16(12-8-9-12)18(22-14)21(23)27-7-2/h10-12,22H,6-9H2,1-5H3. The van der Waals surface area contributed by atoms with E-state index in [1.54, 1.807) is 21.3 Å². The Hall–Kier alpha value is -2.63. The number of benzene rings is 1. The van der Waals surface area contributed by atoms with E-state index in [1.807, 2.05) is 19.1 Å². The maximum absolute atomic E-state index is 12.6. The lowest BCUT2D eigenvalue weighted by Crippen LogP contribution is -2.07. The molecular formula is C21H27NO5. The van der Waals surface area contributed by atoms with E-state index in [2.05, 4.69) is 11.9 Å². The molecule has 0 saturated heterocycles. The smallest absolute Gasteiger partial charge is 0.355 e. The van der Waals surface area contributed by atoms with E-state index in [-0.39, 0.29) is 5.97 Å². The predicted octanol–water partition coefficient (Wildman–Crippen LogP) is 4.32. The molecule has 0 atom stereocenters. The zero-order valence-corrected chi connectivity index (χ0v) is 16.6. The average Bonchev–Trinajstić information content (AvgIpc) is 3.46. The Morgan fingerprint density at radius 1 is 1.07 bits per heavy atom. The minimum Gasteiger partial charge on any atom is -0.493 e. The second-order valence-corrected chi connectivity index (χ2v) is 6.50. The van der Waals surface area contributed by atoms with E-state index >= 15 is 0 Å². The van der Waals surface area contributed by atoms with Crippen molar-refractivity contribution < 1.29 is 23.7 Å². The summed E-state index contributed by atoms with van der Waals surface area (Å²) < 4.78 is 21.9. The average molecular weight is 373 g/mol. The van der Waals surface area contributed by atoms with Crippen molar-refractivity contribution in [2.45, 2.75) is 39.0 Å². The Morgan fingerprint density at radius 2 is 1.78 bits per heavy atom. The van der Waals surface area contributed by atoms with Crippen LogP contribution in [0.25, 0.3) is 11.1 Å². The lowest BCUT2D eigenvalue weighted by molar-refractivity contribution is 0.0518. The van der Waals surface area contributed by atoms with Crippen LogP contribution in [0.15, 0.2) is 12.1 Å². The number of carbonyl (C=O) groups excluding carboxylic acids is 1. The highest BCUT2D eigenvalue weighted by Crippen LogP contribution is 2.52. The first-order valence-corrected chi connectivity index (χ1v) is 9.32. The number of carbonyl (C=O) groups is 1. The highest BCUT2D eigenvalue weighted by molar-refractivity contribution is 5.95. The quantitative estimate of drug-likeness (QED) is 0.698. The van der Waals surface area contributed by atoms with Gasteiger partial charge in [-0.15, -0.1) is 0 Å². The molecule has 6 heteroatoms. The summed E-state index contributed by atoms with van der Waals surface area (Å²) in [4.78, 5) is 15.9. The van der Waals surface area contributed by atoms with Gasteiger partial charge in [-0.25, -0.2) is 4.79 Å². The number of nitrogens with one attached hydrogen (secondary N) is 1. The molecular weight excluding hydrogens is 346 g/mol. The number of esters is 1. The van der Waals surface area contributed by atoms with Crippen LogP contribution in [0.1, 0.15) is 54.4 Å². The van der Waals surface area contributed by atoms with E-state index in [0.29, 0.717) is 35.5 Å². The molecule has 1 heterocycles. The lowest BCUT2D eigenvalue weighted by atomic mass is 9.95. The van der Waals surface area contributed by atoms with Gasteiger partial charge in [-0.2, -0.15) is 0 Å². The fourth-order valence-electron chi connectivity index (χ4n) is 3.58. The first-order chi connectivity index (χ1) is 13.1. The van der Waals surface area contributed by atoms with Crippen molar-refractivity contribution in [3.63, 3.8) is 0 Å². The highest BCUT2D eigenvalue weighted by Gasteiger charge is 2.36. The first-order valence-electron chi connectivity index (χ1n) is 9.32. The molecule has 1 aliphatic carbocycles. The summed E-state index contributed by atoms with van der Waals surface area (Å²) in [5, 5.41) is 0. The number of ether oxygens (including phenoxy) is 4. The summed E-state index contributed by atoms with van der Waals surface area (Å²) in [7, 11) is 4.80. The molecule has 27 heavy (non-hydrogen) atoms. The van der Waals surface area contributed by atoms with Gasteiger partial charge in [0.05, 0.1) is 27.9 Å². The second kappa shape index (κ2) is 7.94. The van der Waals surface area contributed by atoms with Crippen LogP contribution in [-0.4, -0.2) is 38.9 Å². The van der Waals surface area contributed by atoms with Crippen molar-refractivity contribution in [3.8, 4) is 28.4 Å². The van der Waals surface area contributed by atoms with Crippen LogP contribution in [-0.2, 0) is 11.2 Å². The van der Waals surface area contributed by atoms with Crippen LogP contribution >= 0.6 is 0 Å². The van der Waals surface area contributed by atoms with Gasteiger partial charge in [0.15, 0.2) is 11.5 Å². The Balaban J connectivity index is 2.27. The van der Waals surface area contributed by atoms with E-state index in [4.69, 9.17) is 18.9 Å². The third-order valence-corrected chi connectivity index (χ3v) is 4.91. The summed E-state index contributed by atoms with van der Waals surface area (Å²) in [5.74, 6) is 1.79. The molecule has 1 N–H and O–H groups in total. The number of rotatable bonds is 8. The maximum Gasteiger partial charge on any atom is 0.355 e. The zero-order valence-electron chi connectivity index (χ0n) is 16.6. The molecule has 1 fully saturated rings. The number of aryl methyl sites for hydroxylation is 1. The summed E-state index contributed by atoms with van der Waals surface area (Å²) in [5.41, 5.74) is 4.48. The molecule has 0 spiro atoms. The number of hydrogen-bond donors (Lipinski definition) is 1.